The molecule has 21 heavy (non-hydrogen) atoms. The van der Waals surface area contributed by atoms with Crippen molar-refractivity contribution in [1.82, 2.24) is 5.32 Å². The summed E-state index contributed by atoms with van der Waals surface area (Å²) in [6.45, 7) is 0.201. The molecule has 0 aromatic heterocycles. The van der Waals surface area contributed by atoms with Crippen molar-refractivity contribution < 1.29 is 23.1 Å². The number of amides is 1. The number of rotatable bonds is 6. The number of sulfonamides is 1. The zero-order valence-corrected chi connectivity index (χ0v) is 12.2. The number of aliphatic carboxylic acids is 1. The highest BCUT2D eigenvalue weighted by Crippen LogP contribution is 2.46. The maximum Gasteiger partial charge on any atom is 0.319 e. The summed E-state index contributed by atoms with van der Waals surface area (Å²) in [5.41, 5.74) is -0.0713. The highest BCUT2D eigenvalue weighted by atomic mass is 32.2. The van der Waals surface area contributed by atoms with Crippen LogP contribution in [-0.2, 0) is 26.2 Å². The van der Waals surface area contributed by atoms with Gasteiger partial charge in [0.15, 0.2) is 0 Å². The molecule has 1 aromatic carbocycles. The number of carboxylic acids is 1. The second-order valence-corrected chi connectivity index (χ2v) is 6.89. The van der Waals surface area contributed by atoms with Gasteiger partial charge in [0.25, 0.3) is 0 Å². The van der Waals surface area contributed by atoms with Gasteiger partial charge in [-0.1, -0.05) is 12.1 Å². The summed E-state index contributed by atoms with van der Waals surface area (Å²) in [5.74, 6) is -1.57. The number of hydrogen-bond donors (Lipinski definition) is 3. The summed E-state index contributed by atoms with van der Waals surface area (Å²) < 4.78 is 24.4. The highest BCUT2D eigenvalue weighted by Gasteiger charge is 2.56. The minimum absolute atomic E-state index is 0.201. The molecule has 0 bridgehead atoms. The van der Waals surface area contributed by atoms with Gasteiger partial charge in [-0.3, -0.25) is 14.3 Å². The van der Waals surface area contributed by atoms with Crippen molar-refractivity contribution in [1.29, 1.82) is 0 Å². The van der Waals surface area contributed by atoms with Crippen LogP contribution in [0.15, 0.2) is 24.3 Å². The average Bonchev–Trinajstić information content (AvgIpc) is 3.17. The Kier molecular flexibility index (Phi) is 3.91. The minimum atomic E-state index is -3.32. The Morgan fingerprint density at radius 2 is 1.81 bits per heavy atom. The van der Waals surface area contributed by atoms with Gasteiger partial charge in [-0.05, 0) is 30.5 Å². The molecule has 1 saturated carbocycles. The molecule has 1 amide bonds. The fourth-order valence-corrected chi connectivity index (χ4v) is 2.48. The molecule has 0 atom stereocenters. The van der Waals surface area contributed by atoms with E-state index in [1.807, 2.05) is 0 Å². The van der Waals surface area contributed by atoms with Crippen molar-refractivity contribution in [2.24, 2.45) is 5.41 Å². The van der Waals surface area contributed by atoms with E-state index in [0.717, 1.165) is 11.8 Å². The Hall–Kier alpha value is -2.09. The maximum atomic E-state index is 11.8. The van der Waals surface area contributed by atoms with Crippen LogP contribution in [0.5, 0.6) is 0 Å². The Balaban J connectivity index is 1.93. The summed E-state index contributed by atoms with van der Waals surface area (Å²) in [7, 11) is -3.32. The molecule has 0 radical (unpaired) electrons. The van der Waals surface area contributed by atoms with E-state index in [4.69, 9.17) is 5.11 Å². The lowest BCUT2D eigenvalue weighted by atomic mass is 10.1. The first kappa shape index (κ1) is 15.3. The van der Waals surface area contributed by atoms with Crippen molar-refractivity contribution in [2.75, 3.05) is 11.0 Å². The first-order valence-corrected chi connectivity index (χ1v) is 8.20. The van der Waals surface area contributed by atoms with Crippen molar-refractivity contribution in [3.63, 3.8) is 0 Å². The van der Waals surface area contributed by atoms with Crippen LogP contribution in [0.3, 0.4) is 0 Å². The number of anilines is 1. The zero-order chi connectivity index (χ0) is 15.7. The maximum absolute atomic E-state index is 11.8. The standard InChI is InChI=1S/C13H16N2O5S/c1-21(19,20)15-10-4-2-9(3-5-10)8-14-11(16)13(6-7-13)12(17)18/h2-5,15H,6-8H2,1H3,(H,14,16)(H,17,18). The van der Waals surface area contributed by atoms with Crippen LogP contribution >= 0.6 is 0 Å². The summed E-state index contributed by atoms with van der Waals surface area (Å²) >= 11 is 0. The molecular weight excluding hydrogens is 296 g/mol. The monoisotopic (exact) mass is 312 g/mol. The molecule has 0 saturated heterocycles. The molecule has 7 nitrogen and oxygen atoms in total. The van der Waals surface area contributed by atoms with Crippen LogP contribution in [-0.4, -0.2) is 31.7 Å². The van der Waals surface area contributed by atoms with E-state index in [0.29, 0.717) is 18.5 Å². The van der Waals surface area contributed by atoms with E-state index in [2.05, 4.69) is 10.0 Å². The van der Waals surface area contributed by atoms with Crippen molar-refractivity contribution >= 4 is 27.6 Å². The molecule has 1 aromatic rings. The first-order valence-electron chi connectivity index (χ1n) is 6.31. The molecule has 0 unspecified atom stereocenters. The zero-order valence-electron chi connectivity index (χ0n) is 11.4. The largest absolute Gasteiger partial charge is 0.480 e. The Labute approximate surface area is 122 Å². The van der Waals surface area contributed by atoms with E-state index < -0.39 is 27.3 Å². The van der Waals surface area contributed by atoms with Crippen LogP contribution in [0.2, 0.25) is 0 Å². The molecular formula is C13H16N2O5S. The van der Waals surface area contributed by atoms with Crippen LogP contribution < -0.4 is 10.0 Å². The highest BCUT2D eigenvalue weighted by molar-refractivity contribution is 7.92. The third-order valence-corrected chi connectivity index (χ3v) is 3.91. The van der Waals surface area contributed by atoms with E-state index in [9.17, 15) is 18.0 Å². The predicted octanol–water partition coefficient (Wildman–Crippen LogP) is 0.539. The average molecular weight is 312 g/mol. The fourth-order valence-electron chi connectivity index (χ4n) is 1.92. The van der Waals surface area contributed by atoms with E-state index in [-0.39, 0.29) is 6.54 Å². The quantitative estimate of drug-likeness (QED) is 0.664. The normalized spacial score (nSPS) is 16.0. The molecule has 1 aliphatic carbocycles. The van der Waals surface area contributed by atoms with Crippen molar-refractivity contribution in [2.45, 2.75) is 19.4 Å². The third kappa shape index (κ3) is 3.72. The molecule has 8 heteroatoms. The van der Waals surface area contributed by atoms with E-state index in [1.165, 1.54) is 0 Å². The van der Waals surface area contributed by atoms with Crippen LogP contribution in [0.4, 0.5) is 5.69 Å². The van der Waals surface area contributed by atoms with Gasteiger partial charge in [-0.25, -0.2) is 8.42 Å². The van der Waals surface area contributed by atoms with Crippen molar-refractivity contribution in [3.05, 3.63) is 29.8 Å². The molecule has 1 aliphatic rings. The van der Waals surface area contributed by atoms with Gasteiger partial charge >= 0.3 is 5.97 Å². The number of nitrogens with one attached hydrogen (secondary N) is 2. The van der Waals surface area contributed by atoms with Crippen LogP contribution in [0, 0.1) is 5.41 Å². The fraction of sp³-hybridized carbons (Fsp3) is 0.385. The van der Waals surface area contributed by atoms with Gasteiger partial charge in [0.2, 0.25) is 15.9 Å². The van der Waals surface area contributed by atoms with Gasteiger partial charge in [-0.15, -0.1) is 0 Å². The number of carboxylic acid groups (broad SMARTS) is 1. The Morgan fingerprint density at radius 3 is 2.24 bits per heavy atom. The number of benzene rings is 1. The van der Waals surface area contributed by atoms with Gasteiger partial charge in [0, 0.05) is 12.2 Å². The minimum Gasteiger partial charge on any atom is -0.480 e. The number of hydrogen-bond acceptors (Lipinski definition) is 4. The second kappa shape index (κ2) is 5.36. The first-order chi connectivity index (χ1) is 9.73. The molecule has 0 aliphatic heterocycles. The molecule has 1 fully saturated rings. The SMILES string of the molecule is CS(=O)(=O)Nc1ccc(CNC(=O)C2(C(=O)O)CC2)cc1. The lowest BCUT2D eigenvalue weighted by Gasteiger charge is -2.11. The van der Waals surface area contributed by atoms with Gasteiger partial charge in [0.1, 0.15) is 5.41 Å². The Morgan fingerprint density at radius 1 is 1.24 bits per heavy atom. The summed E-state index contributed by atoms with van der Waals surface area (Å²) in [5, 5.41) is 11.6. The molecule has 114 valence electrons. The topological polar surface area (TPSA) is 113 Å². The van der Waals surface area contributed by atoms with E-state index >= 15 is 0 Å². The third-order valence-electron chi connectivity index (χ3n) is 3.30. The Bertz CT molecular complexity index is 662. The van der Waals surface area contributed by atoms with Crippen LogP contribution in [0.25, 0.3) is 0 Å². The van der Waals surface area contributed by atoms with Crippen molar-refractivity contribution in [3.8, 4) is 0 Å². The smallest absolute Gasteiger partial charge is 0.319 e. The molecule has 2 rings (SSSR count). The summed E-state index contributed by atoms with van der Waals surface area (Å²) in [6.07, 6.45) is 1.79. The number of carbonyl (C=O) groups excluding carboxylic acids is 1. The predicted molar refractivity (Wildman–Crippen MR) is 76.1 cm³/mol. The molecule has 0 heterocycles. The molecule has 3 N–H and O–H groups in total. The lowest BCUT2D eigenvalue weighted by molar-refractivity contribution is -0.149. The number of carbonyl (C=O) groups is 2. The van der Waals surface area contributed by atoms with Gasteiger partial charge in [-0.2, -0.15) is 0 Å². The summed E-state index contributed by atoms with van der Waals surface area (Å²) in [4.78, 5) is 22.8. The lowest BCUT2D eigenvalue weighted by Crippen LogP contribution is -2.36. The van der Waals surface area contributed by atoms with E-state index in [1.54, 1.807) is 24.3 Å². The van der Waals surface area contributed by atoms with Gasteiger partial charge < -0.3 is 10.4 Å². The van der Waals surface area contributed by atoms with Gasteiger partial charge in [0.05, 0.1) is 6.26 Å². The second-order valence-electron chi connectivity index (χ2n) is 5.14. The van der Waals surface area contributed by atoms with Crippen LogP contribution in [0.1, 0.15) is 18.4 Å². The summed E-state index contributed by atoms with van der Waals surface area (Å²) in [6, 6.07) is 6.47. The molecule has 0 spiro atoms.